The molecule has 1 aromatic carbocycles. The van der Waals surface area contributed by atoms with Gasteiger partial charge in [0.25, 0.3) is 0 Å². The molecule has 2 fully saturated rings. The predicted molar refractivity (Wildman–Crippen MR) is 145 cm³/mol. The Bertz CT molecular complexity index is 1420. The lowest BCUT2D eigenvalue weighted by atomic mass is 10.1. The van der Waals surface area contributed by atoms with Gasteiger partial charge < -0.3 is 14.2 Å². The van der Waals surface area contributed by atoms with Gasteiger partial charge in [-0.25, -0.2) is 9.36 Å². The highest BCUT2D eigenvalue weighted by atomic mass is 35.5. The van der Waals surface area contributed by atoms with Crippen molar-refractivity contribution in [2.45, 2.75) is 64.6 Å². The molecule has 3 heterocycles. The lowest BCUT2D eigenvalue weighted by Crippen LogP contribution is -2.45. The first-order valence-corrected chi connectivity index (χ1v) is 15.1. The van der Waals surface area contributed by atoms with Crippen LogP contribution in [0.15, 0.2) is 41.3 Å². The van der Waals surface area contributed by atoms with Crippen LogP contribution in [0.2, 0.25) is 5.02 Å². The zero-order valence-corrected chi connectivity index (χ0v) is 24.8. The zero-order valence-electron chi connectivity index (χ0n) is 23.2. The molecule has 0 spiro atoms. The number of carbonyl (C=O) groups is 2. The van der Waals surface area contributed by atoms with Crippen LogP contribution in [0.1, 0.15) is 52.0 Å². The molecule has 42 heavy (non-hydrogen) atoms. The summed E-state index contributed by atoms with van der Waals surface area (Å²) in [6, 6.07) is 7.90. The van der Waals surface area contributed by atoms with Gasteiger partial charge in [-0.3, -0.25) is 28.3 Å². The van der Waals surface area contributed by atoms with Gasteiger partial charge in [-0.15, -0.1) is 0 Å². The van der Waals surface area contributed by atoms with Crippen molar-refractivity contribution in [3.8, 4) is 0 Å². The Kier molecular flexibility index (Phi) is 9.73. The van der Waals surface area contributed by atoms with E-state index in [0.717, 1.165) is 12.3 Å². The van der Waals surface area contributed by atoms with Crippen molar-refractivity contribution in [3.05, 3.63) is 57.6 Å². The van der Waals surface area contributed by atoms with E-state index in [-0.39, 0.29) is 12.4 Å². The van der Waals surface area contributed by atoms with E-state index in [1.54, 1.807) is 38.1 Å². The second kappa shape index (κ2) is 12.8. The van der Waals surface area contributed by atoms with Gasteiger partial charge in [-0.2, -0.15) is 13.8 Å². The van der Waals surface area contributed by atoms with Crippen molar-refractivity contribution in [1.29, 1.82) is 0 Å². The number of esters is 2. The number of hydrogen-bond donors (Lipinski definition) is 1. The lowest BCUT2D eigenvalue weighted by Gasteiger charge is -2.30. The standard InChI is InChI=1S/C26H31ClF2N3O9P/c1-14(2)22(33)37-13-19-21(40-23(34)15(3)4)26(28,29)24(39-19)32-10-8-20(30-25(32)35)31-42(36)38-11-9-18(41-42)16-6-5-7-17(27)12-16/h5-8,10,12,14-15,18-19,21,24H,9,11,13H2,1-4H3,(H,30,31,35,36)/t18?,19-,21-,24+,42?/m1/s1. The molecule has 0 aliphatic carbocycles. The van der Waals surface area contributed by atoms with E-state index < -0.39 is 74.3 Å². The van der Waals surface area contributed by atoms with Crippen LogP contribution in [0.3, 0.4) is 0 Å². The monoisotopic (exact) mass is 633 g/mol. The van der Waals surface area contributed by atoms with Crippen LogP contribution in [0.25, 0.3) is 0 Å². The highest BCUT2D eigenvalue weighted by Gasteiger charge is 2.63. The van der Waals surface area contributed by atoms with Crippen molar-refractivity contribution < 1.29 is 46.2 Å². The third-order valence-corrected chi connectivity index (χ3v) is 8.18. The van der Waals surface area contributed by atoms with Crippen molar-refractivity contribution >= 4 is 37.1 Å². The second-order valence-corrected chi connectivity index (χ2v) is 12.5. The summed E-state index contributed by atoms with van der Waals surface area (Å²) in [6.45, 7) is 5.45. The van der Waals surface area contributed by atoms with Crippen LogP contribution < -0.4 is 10.8 Å². The maximum Gasteiger partial charge on any atom is 0.434 e. The molecule has 230 valence electrons. The minimum Gasteiger partial charge on any atom is -0.463 e. The molecule has 16 heteroatoms. The van der Waals surface area contributed by atoms with E-state index >= 15 is 8.78 Å². The number of nitrogens with one attached hydrogen (secondary N) is 1. The first-order valence-electron chi connectivity index (χ1n) is 13.2. The van der Waals surface area contributed by atoms with Gasteiger partial charge in [0.1, 0.15) is 18.5 Å². The van der Waals surface area contributed by atoms with E-state index in [1.807, 2.05) is 0 Å². The molecule has 1 N–H and O–H groups in total. The normalized spacial score (nSPS) is 27.2. The Labute approximate surface area is 245 Å². The molecular formula is C26H31ClF2N3O9P. The van der Waals surface area contributed by atoms with Gasteiger partial charge in [0, 0.05) is 17.6 Å². The van der Waals surface area contributed by atoms with Gasteiger partial charge in [0.2, 0.25) is 6.23 Å². The van der Waals surface area contributed by atoms with Crippen molar-refractivity contribution in [2.24, 2.45) is 11.8 Å². The van der Waals surface area contributed by atoms with E-state index in [1.165, 1.54) is 13.8 Å². The van der Waals surface area contributed by atoms with E-state index in [4.69, 9.17) is 34.9 Å². The summed E-state index contributed by atoms with van der Waals surface area (Å²) in [5, 5.41) is 2.91. The lowest BCUT2D eigenvalue weighted by molar-refractivity contribution is -0.180. The SMILES string of the molecule is CC(C)C(=O)OC[C@H]1O[C@H](n2ccc(NP3(=O)OCCC(c4cccc(Cl)c4)O3)nc2=O)C(F)(F)[C@@H]1OC(=O)C(C)C. The first-order chi connectivity index (χ1) is 19.7. The molecule has 2 aromatic rings. The average Bonchev–Trinajstić information content (AvgIpc) is 3.16. The molecular weight excluding hydrogens is 603 g/mol. The third-order valence-electron chi connectivity index (χ3n) is 6.39. The number of carbonyl (C=O) groups excluding carboxylic acids is 2. The molecule has 5 atom stereocenters. The highest BCUT2D eigenvalue weighted by molar-refractivity contribution is 7.55. The Balaban J connectivity index is 1.54. The number of rotatable bonds is 9. The summed E-state index contributed by atoms with van der Waals surface area (Å²) in [4.78, 5) is 40.8. The van der Waals surface area contributed by atoms with Gasteiger partial charge >= 0.3 is 31.3 Å². The number of anilines is 1. The number of alkyl halides is 2. The Morgan fingerprint density at radius 1 is 1.21 bits per heavy atom. The van der Waals surface area contributed by atoms with Crippen molar-refractivity contribution in [1.82, 2.24) is 9.55 Å². The smallest absolute Gasteiger partial charge is 0.434 e. The van der Waals surface area contributed by atoms with Gasteiger partial charge in [0.15, 0.2) is 6.10 Å². The van der Waals surface area contributed by atoms with Gasteiger partial charge in [0.05, 0.1) is 24.5 Å². The number of nitrogens with zero attached hydrogens (tertiary/aromatic N) is 2. The molecule has 0 radical (unpaired) electrons. The summed E-state index contributed by atoms with van der Waals surface area (Å²) in [5.74, 6) is -7.07. The molecule has 2 unspecified atom stereocenters. The maximum atomic E-state index is 15.6. The van der Waals surface area contributed by atoms with Crippen LogP contribution >= 0.6 is 19.3 Å². The number of benzene rings is 1. The minimum absolute atomic E-state index is 0.0555. The van der Waals surface area contributed by atoms with Crippen LogP contribution in [0, 0.1) is 11.8 Å². The molecule has 2 aliphatic heterocycles. The number of ether oxygens (including phenoxy) is 3. The summed E-state index contributed by atoms with van der Waals surface area (Å²) in [5.41, 5.74) is -0.536. The topological polar surface area (TPSA) is 144 Å². The van der Waals surface area contributed by atoms with Gasteiger partial charge in [-0.05, 0) is 23.8 Å². The molecule has 0 amide bonds. The van der Waals surface area contributed by atoms with E-state index in [2.05, 4.69) is 10.1 Å². The molecule has 1 aromatic heterocycles. The first kappa shape index (κ1) is 32.0. The second-order valence-electron chi connectivity index (χ2n) is 10.4. The fourth-order valence-electron chi connectivity index (χ4n) is 4.16. The fraction of sp³-hybridized carbons (Fsp3) is 0.538. The Hall–Kier alpha value is -2.90. The molecule has 12 nitrogen and oxygen atoms in total. The third kappa shape index (κ3) is 7.17. The van der Waals surface area contributed by atoms with Crippen LogP contribution in [-0.4, -0.2) is 52.8 Å². The van der Waals surface area contributed by atoms with Crippen molar-refractivity contribution in [3.63, 3.8) is 0 Å². The van der Waals surface area contributed by atoms with E-state index in [0.29, 0.717) is 21.6 Å². The maximum absolute atomic E-state index is 15.6. The Morgan fingerprint density at radius 2 is 1.93 bits per heavy atom. The number of aromatic nitrogens is 2. The van der Waals surface area contributed by atoms with Crippen LogP contribution in [-0.2, 0) is 37.4 Å². The zero-order chi connectivity index (χ0) is 30.8. The van der Waals surface area contributed by atoms with Crippen LogP contribution in [0.5, 0.6) is 0 Å². The molecule has 2 aliphatic rings. The molecule has 0 bridgehead atoms. The minimum atomic E-state index is -4.02. The number of hydrogen-bond acceptors (Lipinski definition) is 10. The molecule has 2 saturated heterocycles. The van der Waals surface area contributed by atoms with Gasteiger partial charge in [-0.1, -0.05) is 51.4 Å². The molecule has 0 saturated carbocycles. The van der Waals surface area contributed by atoms with Crippen molar-refractivity contribution in [2.75, 3.05) is 18.3 Å². The molecule has 4 rings (SSSR count). The van der Waals surface area contributed by atoms with Crippen LogP contribution in [0.4, 0.5) is 14.6 Å². The quantitative estimate of drug-likeness (QED) is 0.297. The summed E-state index contributed by atoms with van der Waals surface area (Å²) < 4.78 is 71.5. The highest BCUT2D eigenvalue weighted by Crippen LogP contribution is 2.55. The number of halogens is 3. The summed E-state index contributed by atoms with van der Waals surface area (Å²) >= 11 is 6.04. The summed E-state index contributed by atoms with van der Waals surface area (Å²) in [6.07, 6.45) is -5.30. The Morgan fingerprint density at radius 3 is 2.57 bits per heavy atom. The summed E-state index contributed by atoms with van der Waals surface area (Å²) in [7, 11) is -4.02. The average molecular weight is 634 g/mol. The largest absolute Gasteiger partial charge is 0.463 e. The van der Waals surface area contributed by atoms with E-state index in [9.17, 15) is 18.9 Å². The predicted octanol–water partition coefficient (Wildman–Crippen LogP) is 4.89. The fourth-order valence-corrected chi connectivity index (χ4v) is 5.85.